The summed E-state index contributed by atoms with van der Waals surface area (Å²) in [6.07, 6.45) is 14.6. The summed E-state index contributed by atoms with van der Waals surface area (Å²) in [5.41, 5.74) is 4.52. The highest BCUT2D eigenvalue weighted by Gasteiger charge is 2.11. The molecule has 0 aromatic carbocycles. The molecule has 1 amide bonds. The molecule has 2 rings (SSSR count). The van der Waals surface area contributed by atoms with Crippen molar-refractivity contribution in [3.63, 3.8) is 0 Å². The topological polar surface area (TPSA) is 41.1 Å². The Bertz CT molecular complexity index is 704. The molecular formula is C23H30N2O. The van der Waals surface area contributed by atoms with Gasteiger partial charge in [0.05, 0.1) is 0 Å². The Morgan fingerprint density at radius 3 is 3.00 bits per heavy atom. The smallest absolute Gasteiger partial charge is 0.216 e. The van der Waals surface area contributed by atoms with E-state index in [2.05, 4.69) is 60.3 Å². The Balaban J connectivity index is 2.23. The predicted octanol–water partition coefficient (Wildman–Crippen LogP) is 3.83. The second kappa shape index (κ2) is 10.6. The van der Waals surface area contributed by atoms with Gasteiger partial charge in [-0.15, -0.1) is 0 Å². The van der Waals surface area contributed by atoms with Crippen LogP contribution in [-0.4, -0.2) is 25.5 Å². The van der Waals surface area contributed by atoms with Crippen LogP contribution >= 0.6 is 0 Å². The van der Waals surface area contributed by atoms with Gasteiger partial charge in [0.2, 0.25) is 5.91 Å². The third-order valence-corrected chi connectivity index (χ3v) is 4.57. The number of nitrogens with one attached hydrogen (secondary N) is 2. The highest BCUT2D eigenvalue weighted by atomic mass is 16.1. The van der Waals surface area contributed by atoms with E-state index in [0.717, 1.165) is 42.7 Å². The Morgan fingerprint density at radius 2 is 2.31 bits per heavy atom. The van der Waals surface area contributed by atoms with Gasteiger partial charge in [-0.3, -0.25) is 4.79 Å². The Morgan fingerprint density at radius 1 is 1.46 bits per heavy atom. The Labute approximate surface area is 158 Å². The third-order valence-electron chi connectivity index (χ3n) is 4.57. The molecule has 0 bridgehead atoms. The van der Waals surface area contributed by atoms with Crippen molar-refractivity contribution in [2.24, 2.45) is 5.92 Å². The zero-order valence-corrected chi connectivity index (χ0v) is 16.0. The Kier molecular flexibility index (Phi) is 8.18. The molecular weight excluding hydrogens is 320 g/mol. The highest BCUT2D eigenvalue weighted by molar-refractivity contribution is 5.72. The van der Waals surface area contributed by atoms with E-state index < -0.39 is 0 Å². The fraction of sp³-hybridized carbons (Fsp3) is 0.435. The van der Waals surface area contributed by atoms with Crippen LogP contribution in [-0.2, 0) is 4.79 Å². The molecule has 2 aliphatic rings. The minimum Gasteiger partial charge on any atom is -0.356 e. The molecule has 0 saturated carbocycles. The SMILES string of the molecule is C=C/C(=C\C(C)=C\[C@@H]1CCCNC1)C1=C(CCNC(C)=O)C#CCC=C1. The van der Waals surface area contributed by atoms with Crippen LogP contribution in [0.3, 0.4) is 0 Å². The second-order valence-electron chi connectivity index (χ2n) is 6.85. The Hall–Kier alpha value is -2.31. The molecule has 26 heavy (non-hydrogen) atoms. The minimum atomic E-state index is -0.0105. The van der Waals surface area contributed by atoms with Gasteiger partial charge in [-0.05, 0) is 49.8 Å². The molecule has 138 valence electrons. The number of carbonyl (C=O) groups is 1. The van der Waals surface area contributed by atoms with E-state index >= 15 is 0 Å². The first kappa shape index (κ1) is 20.0. The fourth-order valence-electron chi connectivity index (χ4n) is 3.33. The maximum atomic E-state index is 11.1. The zero-order valence-electron chi connectivity index (χ0n) is 16.0. The van der Waals surface area contributed by atoms with Crippen LogP contribution in [0.4, 0.5) is 0 Å². The minimum absolute atomic E-state index is 0.0105. The molecule has 1 heterocycles. The average Bonchev–Trinajstić information content (AvgIpc) is 2.86. The summed E-state index contributed by atoms with van der Waals surface area (Å²) in [6.45, 7) is 10.5. The number of amides is 1. The van der Waals surface area contributed by atoms with Gasteiger partial charge in [0.1, 0.15) is 0 Å². The van der Waals surface area contributed by atoms with Gasteiger partial charge in [-0.25, -0.2) is 0 Å². The molecule has 1 atom stereocenters. The summed E-state index contributed by atoms with van der Waals surface area (Å²) in [4.78, 5) is 11.1. The monoisotopic (exact) mass is 350 g/mol. The van der Waals surface area contributed by atoms with Gasteiger partial charge in [-0.1, -0.05) is 54.4 Å². The lowest BCUT2D eigenvalue weighted by Crippen LogP contribution is -2.28. The molecule has 3 heteroatoms. The fourth-order valence-corrected chi connectivity index (χ4v) is 3.33. The van der Waals surface area contributed by atoms with Crippen LogP contribution < -0.4 is 10.6 Å². The van der Waals surface area contributed by atoms with Gasteiger partial charge in [-0.2, -0.15) is 0 Å². The van der Waals surface area contributed by atoms with Crippen molar-refractivity contribution < 1.29 is 4.79 Å². The van der Waals surface area contributed by atoms with E-state index in [1.54, 1.807) is 0 Å². The summed E-state index contributed by atoms with van der Waals surface area (Å²) < 4.78 is 0. The number of rotatable bonds is 7. The van der Waals surface area contributed by atoms with Crippen molar-refractivity contribution in [3.05, 3.63) is 59.3 Å². The van der Waals surface area contributed by atoms with E-state index in [1.165, 1.54) is 25.3 Å². The summed E-state index contributed by atoms with van der Waals surface area (Å²) in [5.74, 6) is 7.03. The maximum Gasteiger partial charge on any atom is 0.216 e. The standard InChI is InChI=1S/C23H30N2O/c1-4-21(16-18(2)15-20-9-8-13-24-17-20)23-11-7-5-6-10-22(23)12-14-25-19(3)26/h4,7,11,15-16,20,24H,1,5,8-9,12-14,17H2,2-3H3,(H,25,26)/b18-15+,21-16+/t20-/m0/s1. The number of allylic oxidation sites excluding steroid dienone is 7. The lowest BCUT2D eigenvalue weighted by molar-refractivity contribution is -0.118. The van der Waals surface area contributed by atoms with E-state index in [1.807, 2.05) is 6.08 Å². The molecule has 0 spiro atoms. The van der Waals surface area contributed by atoms with Crippen LogP contribution in [0.2, 0.25) is 0 Å². The quantitative estimate of drug-likeness (QED) is 0.541. The van der Waals surface area contributed by atoms with E-state index in [0.29, 0.717) is 12.5 Å². The lowest BCUT2D eigenvalue weighted by Gasteiger charge is -2.20. The number of carbonyl (C=O) groups excluding carboxylic acids is 1. The van der Waals surface area contributed by atoms with Crippen molar-refractivity contribution >= 4 is 5.91 Å². The van der Waals surface area contributed by atoms with Gasteiger partial charge < -0.3 is 10.6 Å². The van der Waals surface area contributed by atoms with Gasteiger partial charge in [0.25, 0.3) is 0 Å². The first-order valence-corrected chi connectivity index (χ1v) is 9.46. The largest absolute Gasteiger partial charge is 0.356 e. The average molecular weight is 351 g/mol. The molecule has 2 N–H and O–H groups in total. The molecule has 0 unspecified atom stereocenters. The van der Waals surface area contributed by atoms with Gasteiger partial charge in [0, 0.05) is 32.0 Å². The molecule has 0 radical (unpaired) electrons. The molecule has 1 aliphatic heterocycles. The molecule has 1 saturated heterocycles. The summed E-state index contributed by atoms with van der Waals surface area (Å²) in [7, 11) is 0. The lowest BCUT2D eigenvalue weighted by atomic mass is 9.93. The van der Waals surface area contributed by atoms with Crippen LogP contribution in [0.5, 0.6) is 0 Å². The molecule has 0 aromatic rings. The number of piperidine rings is 1. The van der Waals surface area contributed by atoms with Crippen molar-refractivity contribution in [1.82, 2.24) is 10.6 Å². The van der Waals surface area contributed by atoms with Crippen molar-refractivity contribution in [3.8, 4) is 11.8 Å². The van der Waals surface area contributed by atoms with E-state index in [4.69, 9.17) is 0 Å². The number of hydrogen-bond acceptors (Lipinski definition) is 2. The molecule has 1 aliphatic carbocycles. The molecule has 0 aromatic heterocycles. The van der Waals surface area contributed by atoms with Crippen molar-refractivity contribution in [2.45, 2.75) is 39.5 Å². The van der Waals surface area contributed by atoms with Gasteiger partial charge in [0.15, 0.2) is 0 Å². The first-order chi connectivity index (χ1) is 12.6. The molecule has 1 fully saturated rings. The first-order valence-electron chi connectivity index (χ1n) is 9.46. The van der Waals surface area contributed by atoms with Crippen molar-refractivity contribution in [1.29, 1.82) is 0 Å². The van der Waals surface area contributed by atoms with Crippen LogP contribution in [0.1, 0.15) is 39.5 Å². The van der Waals surface area contributed by atoms with Crippen LogP contribution in [0, 0.1) is 17.8 Å². The highest BCUT2D eigenvalue weighted by Crippen LogP contribution is 2.24. The number of hydrogen-bond donors (Lipinski definition) is 2. The summed E-state index contributed by atoms with van der Waals surface area (Å²) in [6, 6.07) is 0. The predicted molar refractivity (Wildman–Crippen MR) is 109 cm³/mol. The third kappa shape index (κ3) is 6.54. The normalized spacial score (nSPS) is 20.9. The van der Waals surface area contributed by atoms with Crippen molar-refractivity contribution in [2.75, 3.05) is 19.6 Å². The van der Waals surface area contributed by atoms with Gasteiger partial charge >= 0.3 is 0 Å². The maximum absolute atomic E-state index is 11.1. The van der Waals surface area contributed by atoms with E-state index in [9.17, 15) is 4.79 Å². The van der Waals surface area contributed by atoms with Crippen LogP contribution in [0.25, 0.3) is 0 Å². The van der Waals surface area contributed by atoms with E-state index in [-0.39, 0.29) is 5.91 Å². The summed E-state index contributed by atoms with van der Waals surface area (Å²) >= 11 is 0. The zero-order chi connectivity index (χ0) is 18.8. The molecule has 3 nitrogen and oxygen atoms in total. The van der Waals surface area contributed by atoms with Crippen LogP contribution in [0.15, 0.2) is 59.3 Å². The second-order valence-corrected chi connectivity index (χ2v) is 6.85. The summed E-state index contributed by atoms with van der Waals surface area (Å²) in [5, 5.41) is 6.32.